The lowest BCUT2D eigenvalue weighted by molar-refractivity contribution is -0.192. The SMILES string of the molecule is FC(F)(F)C1=CC=NNC1.O=C(O)C(F)(F)F. The van der Waals surface area contributed by atoms with Crippen LogP contribution in [0, 0.1) is 0 Å². The van der Waals surface area contributed by atoms with Gasteiger partial charge in [0.1, 0.15) is 0 Å². The largest absolute Gasteiger partial charge is 0.490 e. The normalized spacial score (nSPS) is 15.3. The highest BCUT2D eigenvalue weighted by atomic mass is 19.4. The number of aliphatic carboxylic acids is 1. The first-order valence-electron chi connectivity index (χ1n) is 3.87. The van der Waals surface area contributed by atoms with E-state index in [9.17, 15) is 26.3 Å². The van der Waals surface area contributed by atoms with Crippen molar-refractivity contribution in [2.24, 2.45) is 5.10 Å². The molecule has 2 N–H and O–H groups in total. The van der Waals surface area contributed by atoms with Crippen LogP contribution in [0.2, 0.25) is 0 Å². The van der Waals surface area contributed by atoms with Gasteiger partial charge in [0.25, 0.3) is 0 Å². The predicted octanol–water partition coefficient (Wildman–Crippen LogP) is 1.70. The second kappa shape index (κ2) is 5.55. The Balaban J connectivity index is 0.000000325. The predicted molar refractivity (Wildman–Crippen MR) is 44.3 cm³/mol. The van der Waals surface area contributed by atoms with E-state index in [1.807, 2.05) is 0 Å². The van der Waals surface area contributed by atoms with Crippen LogP contribution >= 0.6 is 0 Å². The number of allylic oxidation sites excluding steroid dienone is 1. The van der Waals surface area contributed by atoms with Crippen molar-refractivity contribution in [3.63, 3.8) is 0 Å². The summed E-state index contributed by atoms with van der Waals surface area (Å²) < 4.78 is 67.1. The van der Waals surface area contributed by atoms with Crippen molar-refractivity contribution in [3.8, 4) is 0 Å². The van der Waals surface area contributed by atoms with Crippen LogP contribution in [0.25, 0.3) is 0 Å². The summed E-state index contributed by atoms with van der Waals surface area (Å²) in [6.45, 7) is -0.236. The molecule has 0 aromatic rings. The summed E-state index contributed by atoms with van der Waals surface area (Å²) in [5.74, 6) is -2.76. The summed E-state index contributed by atoms with van der Waals surface area (Å²) in [4.78, 5) is 8.90. The zero-order valence-corrected chi connectivity index (χ0v) is 7.93. The summed E-state index contributed by atoms with van der Waals surface area (Å²) in [6, 6.07) is 0. The number of rotatable bonds is 0. The van der Waals surface area contributed by atoms with Gasteiger partial charge in [0.15, 0.2) is 0 Å². The molecule has 1 aliphatic heterocycles. The van der Waals surface area contributed by atoms with Crippen molar-refractivity contribution < 1.29 is 36.2 Å². The van der Waals surface area contributed by atoms with Crippen LogP contribution in [-0.2, 0) is 4.79 Å². The van der Waals surface area contributed by atoms with Crippen molar-refractivity contribution in [2.45, 2.75) is 12.4 Å². The number of nitrogens with one attached hydrogen (secondary N) is 1. The molecule has 0 radical (unpaired) electrons. The molecule has 0 bridgehead atoms. The van der Waals surface area contributed by atoms with Gasteiger partial charge in [-0.05, 0) is 6.08 Å². The molecule has 0 unspecified atom stereocenters. The highest BCUT2D eigenvalue weighted by Gasteiger charge is 2.38. The molecule has 0 atom stereocenters. The molecular weight excluding hydrogens is 258 g/mol. The third kappa shape index (κ3) is 6.43. The summed E-state index contributed by atoms with van der Waals surface area (Å²) in [6.07, 6.45) is -7.26. The lowest BCUT2D eigenvalue weighted by Gasteiger charge is -2.12. The molecule has 98 valence electrons. The summed E-state index contributed by atoms with van der Waals surface area (Å²) in [7, 11) is 0. The number of carbonyl (C=O) groups is 1. The molecule has 0 aliphatic carbocycles. The van der Waals surface area contributed by atoms with Crippen molar-refractivity contribution in [3.05, 3.63) is 11.6 Å². The van der Waals surface area contributed by atoms with Gasteiger partial charge in [0, 0.05) is 6.21 Å². The van der Waals surface area contributed by atoms with Crippen molar-refractivity contribution in [1.82, 2.24) is 5.43 Å². The Morgan fingerprint density at radius 1 is 1.29 bits per heavy atom. The minimum absolute atomic E-state index is 0.236. The summed E-state index contributed by atoms with van der Waals surface area (Å²) >= 11 is 0. The molecule has 0 amide bonds. The van der Waals surface area contributed by atoms with E-state index in [0.717, 1.165) is 12.3 Å². The molecule has 0 aromatic carbocycles. The Labute approximate surface area is 90.6 Å². The summed E-state index contributed by atoms with van der Waals surface area (Å²) in [5, 5.41) is 10.5. The first-order chi connectivity index (χ1) is 7.55. The molecule has 1 heterocycles. The molecular formula is C7H6F6N2O2. The van der Waals surface area contributed by atoms with E-state index in [1.54, 1.807) is 0 Å². The van der Waals surface area contributed by atoms with Crippen molar-refractivity contribution >= 4 is 12.2 Å². The number of alkyl halides is 6. The van der Waals surface area contributed by atoms with Gasteiger partial charge in [0.05, 0.1) is 12.1 Å². The second-order valence-electron chi connectivity index (χ2n) is 2.61. The van der Waals surface area contributed by atoms with E-state index in [2.05, 4.69) is 10.5 Å². The third-order valence-corrected chi connectivity index (χ3v) is 1.32. The van der Waals surface area contributed by atoms with E-state index in [4.69, 9.17) is 9.90 Å². The molecule has 10 heteroatoms. The molecule has 0 fully saturated rings. The van der Waals surface area contributed by atoms with Gasteiger partial charge in [-0.25, -0.2) is 4.79 Å². The zero-order valence-electron chi connectivity index (χ0n) is 7.93. The van der Waals surface area contributed by atoms with Gasteiger partial charge in [-0.15, -0.1) is 0 Å². The van der Waals surface area contributed by atoms with E-state index < -0.39 is 23.9 Å². The molecule has 0 saturated heterocycles. The standard InChI is InChI=1S/C5H5F3N2.C2HF3O2/c6-5(7,8)4-1-2-9-10-3-4;3-2(4,5)1(6)7/h1-2,10H,3H2;(H,6,7). The van der Waals surface area contributed by atoms with Gasteiger partial charge in [-0.2, -0.15) is 31.4 Å². The number of halogens is 6. The Hall–Kier alpha value is -1.74. The Morgan fingerprint density at radius 2 is 1.76 bits per heavy atom. The molecule has 4 nitrogen and oxygen atoms in total. The first kappa shape index (κ1) is 15.3. The molecule has 1 rings (SSSR count). The number of hydrogen-bond acceptors (Lipinski definition) is 3. The van der Waals surface area contributed by atoms with Crippen LogP contribution in [0.4, 0.5) is 26.3 Å². The van der Waals surface area contributed by atoms with Gasteiger partial charge in [0.2, 0.25) is 0 Å². The molecule has 1 aliphatic rings. The van der Waals surface area contributed by atoms with Crippen molar-refractivity contribution in [1.29, 1.82) is 0 Å². The average Bonchev–Trinajstić information content (AvgIpc) is 2.17. The van der Waals surface area contributed by atoms with Crippen molar-refractivity contribution in [2.75, 3.05) is 6.54 Å². The average molecular weight is 264 g/mol. The monoisotopic (exact) mass is 264 g/mol. The lowest BCUT2D eigenvalue weighted by atomic mass is 10.2. The maximum Gasteiger partial charge on any atom is 0.490 e. The fourth-order valence-electron chi connectivity index (χ4n) is 0.564. The van der Waals surface area contributed by atoms with Crippen LogP contribution in [0.3, 0.4) is 0 Å². The number of hydrogen-bond donors (Lipinski definition) is 2. The van der Waals surface area contributed by atoms with E-state index in [1.165, 1.54) is 0 Å². The maximum atomic E-state index is 11.8. The first-order valence-corrected chi connectivity index (χ1v) is 3.87. The van der Waals surface area contributed by atoms with Gasteiger partial charge in [-0.1, -0.05) is 0 Å². The highest BCUT2D eigenvalue weighted by Crippen LogP contribution is 2.24. The summed E-state index contributed by atoms with van der Waals surface area (Å²) in [5.41, 5.74) is 1.63. The number of nitrogens with zero attached hydrogens (tertiary/aromatic N) is 1. The number of carboxylic acid groups (broad SMARTS) is 1. The number of carboxylic acids is 1. The van der Waals surface area contributed by atoms with Crippen LogP contribution < -0.4 is 5.43 Å². The van der Waals surface area contributed by atoms with Gasteiger partial charge >= 0.3 is 18.3 Å². The number of hydrazone groups is 1. The van der Waals surface area contributed by atoms with Crippen LogP contribution in [-0.4, -0.2) is 36.2 Å². The smallest absolute Gasteiger partial charge is 0.475 e. The molecule has 0 aromatic heterocycles. The Bertz CT molecular complexity index is 330. The van der Waals surface area contributed by atoms with Gasteiger partial charge in [-0.3, -0.25) is 0 Å². The second-order valence-corrected chi connectivity index (χ2v) is 2.61. The van der Waals surface area contributed by atoms with E-state index in [-0.39, 0.29) is 6.54 Å². The van der Waals surface area contributed by atoms with Crippen LogP contribution in [0.5, 0.6) is 0 Å². The minimum Gasteiger partial charge on any atom is -0.475 e. The topological polar surface area (TPSA) is 61.7 Å². The quantitative estimate of drug-likeness (QED) is 0.654. The molecule has 17 heavy (non-hydrogen) atoms. The fourth-order valence-corrected chi connectivity index (χ4v) is 0.564. The van der Waals surface area contributed by atoms with E-state index >= 15 is 0 Å². The third-order valence-electron chi connectivity index (χ3n) is 1.32. The molecule has 0 saturated carbocycles. The van der Waals surface area contributed by atoms with Gasteiger partial charge < -0.3 is 10.5 Å². The lowest BCUT2D eigenvalue weighted by Crippen LogP contribution is -2.24. The zero-order chi connectivity index (χ0) is 13.7. The molecule has 0 spiro atoms. The Morgan fingerprint density at radius 3 is 1.94 bits per heavy atom. The Kier molecular flexibility index (Phi) is 4.98. The van der Waals surface area contributed by atoms with E-state index in [0.29, 0.717) is 0 Å². The highest BCUT2D eigenvalue weighted by molar-refractivity contribution is 5.73. The maximum absolute atomic E-state index is 11.8. The van der Waals surface area contributed by atoms with Crippen LogP contribution in [0.1, 0.15) is 0 Å². The van der Waals surface area contributed by atoms with Crippen LogP contribution in [0.15, 0.2) is 16.8 Å². The minimum atomic E-state index is -5.08. The fraction of sp³-hybridized carbons (Fsp3) is 0.429.